The predicted molar refractivity (Wildman–Crippen MR) is 104 cm³/mol. The van der Waals surface area contributed by atoms with Crippen LogP contribution < -0.4 is 5.32 Å². The van der Waals surface area contributed by atoms with Crippen LogP contribution in [0.25, 0.3) is 0 Å². The molecular formula is C23H25FN2O2. The molecule has 0 bridgehead atoms. The summed E-state index contributed by atoms with van der Waals surface area (Å²) in [5.41, 5.74) is 1.07. The van der Waals surface area contributed by atoms with Gasteiger partial charge in [-0.1, -0.05) is 48.5 Å². The van der Waals surface area contributed by atoms with Gasteiger partial charge in [-0.3, -0.25) is 9.69 Å². The van der Waals surface area contributed by atoms with E-state index in [0.717, 1.165) is 32.4 Å². The standard InChI is InChI=1S/C23H25FN2O2/c24-20-9-5-4-8-19(20)23(10-11-23)22(27)25-17-12-18-15-28-21(14-26(18)13-17)16-6-2-1-3-7-16/h1-9,17-18,21H,10-15H2,(H,25,27)/t17-,18+,21-/m1/s1. The van der Waals surface area contributed by atoms with Crippen molar-refractivity contribution in [2.24, 2.45) is 0 Å². The van der Waals surface area contributed by atoms with E-state index < -0.39 is 5.41 Å². The highest BCUT2D eigenvalue weighted by molar-refractivity contribution is 5.91. The monoisotopic (exact) mass is 380 g/mol. The fourth-order valence-corrected chi connectivity index (χ4v) is 4.76. The van der Waals surface area contributed by atoms with Gasteiger partial charge >= 0.3 is 0 Å². The van der Waals surface area contributed by atoms with E-state index in [4.69, 9.17) is 4.74 Å². The minimum atomic E-state index is -0.669. The molecule has 5 rings (SSSR count). The Labute approximate surface area is 164 Å². The van der Waals surface area contributed by atoms with Crippen molar-refractivity contribution in [3.05, 3.63) is 71.5 Å². The highest BCUT2D eigenvalue weighted by Crippen LogP contribution is 2.49. The Morgan fingerprint density at radius 2 is 1.82 bits per heavy atom. The Kier molecular flexibility index (Phi) is 4.44. The van der Waals surface area contributed by atoms with Crippen molar-refractivity contribution in [2.75, 3.05) is 19.7 Å². The van der Waals surface area contributed by atoms with Gasteiger partial charge in [-0.25, -0.2) is 4.39 Å². The zero-order valence-electron chi connectivity index (χ0n) is 15.8. The second kappa shape index (κ2) is 6.98. The third-order valence-corrected chi connectivity index (χ3v) is 6.50. The molecule has 1 N–H and O–H groups in total. The Balaban J connectivity index is 1.24. The highest BCUT2D eigenvalue weighted by Gasteiger charge is 2.53. The molecule has 3 fully saturated rings. The first-order valence-corrected chi connectivity index (χ1v) is 10.1. The van der Waals surface area contributed by atoms with Crippen molar-refractivity contribution < 1.29 is 13.9 Å². The molecule has 5 heteroatoms. The number of rotatable bonds is 4. The number of ether oxygens (including phenoxy) is 1. The summed E-state index contributed by atoms with van der Waals surface area (Å²) in [6, 6.07) is 17.4. The van der Waals surface area contributed by atoms with Crippen molar-refractivity contribution in [1.29, 1.82) is 0 Å². The van der Waals surface area contributed by atoms with E-state index in [0.29, 0.717) is 18.2 Å². The van der Waals surface area contributed by atoms with Gasteiger partial charge < -0.3 is 10.1 Å². The lowest BCUT2D eigenvalue weighted by Gasteiger charge is -2.35. The van der Waals surface area contributed by atoms with Crippen molar-refractivity contribution in [3.63, 3.8) is 0 Å². The van der Waals surface area contributed by atoms with Crippen LogP contribution in [0, 0.1) is 5.82 Å². The zero-order chi connectivity index (χ0) is 19.1. The third-order valence-electron chi connectivity index (χ3n) is 6.50. The number of nitrogens with one attached hydrogen (secondary N) is 1. The molecule has 1 amide bonds. The van der Waals surface area contributed by atoms with Crippen molar-refractivity contribution in [3.8, 4) is 0 Å². The number of nitrogens with zero attached hydrogens (tertiary/aromatic N) is 1. The van der Waals surface area contributed by atoms with E-state index in [9.17, 15) is 9.18 Å². The second-order valence-corrected chi connectivity index (χ2v) is 8.31. The normalized spacial score (nSPS) is 28.5. The number of carbonyl (C=O) groups is 1. The third kappa shape index (κ3) is 3.12. The van der Waals surface area contributed by atoms with Crippen molar-refractivity contribution in [2.45, 2.75) is 42.9 Å². The molecule has 0 unspecified atom stereocenters. The molecule has 0 radical (unpaired) electrons. The summed E-state index contributed by atoms with van der Waals surface area (Å²) in [7, 11) is 0. The first-order valence-electron chi connectivity index (χ1n) is 10.1. The van der Waals surface area contributed by atoms with Gasteiger partial charge in [-0.15, -0.1) is 0 Å². The second-order valence-electron chi connectivity index (χ2n) is 8.31. The molecule has 4 nitrogen and oxygen atoms in total. The van der Waals surface area contributed by atoms with Crippen LogP contribution in [0.2, 0.25) is 0 Å². The van der Waals surface area contributed by atoms with Crippen molar-refractivity contribution >= 4 is 5.91 Å². The van der Waals surface area contributed by atoms with Crippen molar-refractivity contribution in [1.82, 2.24) is 10.2 Å². The summed E-state index contributed by atoms with van der Waals surface area (Å²) in [4.78, 5) is 15.4. The molecular weight excluding hydrogens is 355 g/mol. The Hall–Kier alpha value is -2.24. The van der Waals surface area contributed by atoms with Gasteiger partial charge in [0.1, 0.15) is 5.82 Å². The SMILES string of the molecule is O=C(N[C@@H]1C[C@H]2CO[C@@H](c3ccccc3)CN2C1)C1(c2ccccc2F)CC1. The maximum absolute atomic E-state index is 14.2. The summed E-state index contributed by atoms with van der Waals surface area (Å²) >= 11 is 0. The number of fused-ring (bicyclic) bond motifs is 1. The fourth-order valence-electron chi connectivity index (χ4n) is 4.76. The summed E-state index contributed by atoms with van der Waals surface area (Å²) < 4.78 is 20.3. The molecule has 2 heterocycles. The van der Waals surface area contributed by atoms with E-state index in [1.807, 2.05) is 24.3 Å². The van der Waals surface area contributed by atoms with E-state index in [1.54, 1.807) is 12.1 Å². The number of carbonyl (C=O) groups excluding carboxylic acids is 1. The lowest BCUT2D eigenvalue weighted by Crippen LogP contribution is -2.44. The predicted octanol–water partition coefficient (Wildman–Crippen LogP) is 3.19. The summed E-state index contributed by atoms with van der Waals surface area (Å²) in [6.07, 6.45) is 2.42. The molecule has 2 aromatic rings. The molecule has 0 aromatic heterocycles. The van der Waals surface area contributed by atoms with Crippen LogP contribution in [-0.4, -0.2) is 42.6 Å². The first kappa shape index (κ1) is 17.8. The Morgan fingerprint density at radius 3 is 2.57 bits per heavy atom. The van der Waals surface area contributed by atoms with Gasteiger partial charge in [0, 0.05) is 30.7 Å². The molecule has 2 aliphatic heterocycles. The molecule has 2 aromatic carbocycles. The molecule has 0 spiro atoms. The molecule has 3 aliphatic rings. The number of hydrogen-bond acceptors (Lipinski definition) is 3. The van der Waals surface area contributed by atoms with Crippen LogP contribution in [0.4, 0.5) is 4.39 Å². The van der Waals surface area contributed by atoms with E-state index in [1.165, 1.54) is 11.6 Å². The maximum atomic E-state index is 14.2. The number of halogens is 1. The zero-order valence-corrected chi connectivity index (χ0v) is 15.8. The Bertz CT molecular complexity index is 868. The number of hydrogen-bond donors (Lipinski definition) is 1. The van der Waals surface area contributed by atoms with Gasteiger partial charge in [0.15, 0.2) is 0 Å². The smallest absolute Gasteiger partial charge is 0.231 e. The number of benzene rings is 2. The average Bonchev–Trinajstić information content (AvgIpc) is 3.43. The van der Waals surface area contributed by atoms with Gasteiger partial charge in [0.2, 0.25) is 5.91 Å². The maximum Gasteiger partial charge on any atom is 0.231 e. The molecule has 1 saturated carbocycles. The van der Waals surface area contributed by atoms with Crippen LogP contribution >= 0.6 is 0 Å². The molecule has 28 heavy (non-hydrogen) atoms. The first-order chi connectivity index (χ1) is 13.7. The molecule has 3 atom stereocenters. The van der Waals surface area contributed by atoms with Gasteiger partial charge in [0.25, 0.3) is 0 Å². The fraction of sp³-hybridized carbons (Fsp3) is 0.435. The minimum Gasteiger partial charge on any atom is -0.371 e. The highest BCUT2D eigenvalue weighted by atomic mass is 19.1. The summed E-state index contributed by atoms with van der Waals surface area (Å²) in [6.45, 7) is 2.36. The van der Waals surface area contributed by atoms with Crippen LogP contribution in [0.3, 0.4) is 0 Å². The van der Waals surface area contributed by atoms with Gasteiger partial charge in [-0.2, -0.15) is 0 Å². The minimum absolute atomic E-state index is 0.0250. The topological polar surface area (TPSA) is 41.6 Å². The Morgan fingerprint density at radius 1 is 1.07 bits per heavy atom. The van der Waals surface area contributed by atoms with Gasteiger partial charge in [-0.05, 0) is 30.9 Å². The molecule has 1 aliphatic carbocycles. The number of morpholine rings is 1. The molecule has 146 valence electrons. The average molecular weight is 380 g/mol. The quantitative estimate of drug-likeness (QED) is 0.886. The van der Waals surface area contributed by atoms with E-state index in [-0.39, 0.29) is 23.9 Å². The lowest BCUT2D eigenvalue weighted by atomic mass is 9.94. The van der Waals surface area contributed by atoms with E-state index in [2.05, 4.69) is 22.3 Å². The lowest BCUT2D eigenvalue weighted by molar-refractivity contribution is -0.124. The number of amides is 1. The molecule has 2 saturated heterocycles. The largest absolute Gasteiger partial charge is 0.371 e. The summed E-state index contributed by atoms with van der Waals surface area (Å²) in [5, 5.41) is 3.22. The van der Waals surface area contributed by atoms with Crippen LogP contribution in [0.5, 0.6) is 0 Å². The summed E-state index contributed by atoms with van der Waals surface area (Å²) in [5.74, 6) is -0.305. The van der Waals surface area contributed by atoms with Crippen LogP contribution in [0.1, 0.15) is 36.5 Å². The van der Waals surface area contributed by atoms with Crippen LogP contribution in [-0.2, 0) is 14.9 Å². The van der Waals surface area contributed by atoms with Crippen LogP contribution in [0.15, 0.2) is 54.6 Å². The van der Waals surface area contributed by atoms with E-state index >= 15 is 0 Å². The van der Waals surface area contributed by atoms with Gasteiger partial charge in [0.05, 0.1) is 18.1 Å².